The molecule has 2 N–H and O–H groups in total. The van der Waals surface area contributed by atoms with Crippen LogP contribution < -0.4 is 10.5 Å². The summed E-state index contributed by atoms with van der Waals surface area (Å²) in [5.74, 6) is 2.54. The minimum Gasteiger partial charge on any atom is -0.487 e. The van der Waals surface area contributed by atoms with Crippen LogP contribution in [0.5, 0.6) is 5.75 Å². The molecule has 18 heavy (non-hydrogen) atoms. The van der Waals surface area contributed by atoms with E-state index in [0.717, 1.165) is 46.9 Å². The second kappa shape index (κ2) is 4.24. The fourth-order valence-electron chi connectivity index (χ4n) is 3.30. The molecule has 2 aliphatic rings. The molecule has 2 nitrogen and oxygen atoms in total. The van der Waals surface area contributed by atoms with Crippen molar-refractivity contribution in [2.24, 2.45) is 17.6 Å². The van der Waals surface area contributed by atoms with Crippen molar-refractivity contribution in [1.29, 1.82) is 0 Å². The second-order valence-corrected chi connectivity index (χ2v) is 7.11. The first-order valence-corrected chi connectivity index (χ1v) is 7.52. The number of fused-ring (bicyclic) bond motifs is 1. The minimum atomic E-state index is 0.0230. The quantitative estimate of drug-likeness (QED) is 0.850. The molecule has 0 radical (unpaired) electrons. The van der Waals surface area contributed by atoms with Gasteiger partial charge >= 0.3 is 0 Å². The van der Waals surface area contributed by atoms with Gasteiger partial charge in [-0.1, -0.05) is 29.8 Å². The van der Waals surface area contributed by atoms with Crippen LogP contribution in [0.15, 0.2) is 22.7 Å². The normalized spacial score (nSPS) is 34.1. The molecule has 1 atom stereocenters. The SMILES string of the molecule is CC(C)C1CC2(CC(N)c3cc(Br)ccc3O2)C1. The minimum absolute atomic E-state index is 0.0230. The Labute approximate surface area is 117 Å². The zero-order chi connectivity index (χ0) is 12.9. The maximum Gasteiger partial charge on any atom is 0.124 e. The van der Waals surface area contributed by atoms with E-state index >= 15 is 0 Å². The molecule has 1 heterocycles. The van der Waals surface area contributed by atoms with Gasteiger partial charge in [-0.05, 0) is 42.9 Å². The van der Waals surface area contributed by atoms with Gasteiger partial charge in [0.2, 0.25) is 0 Å². The number of rotatable bonds is 1. The van der Waals surface area contributed by atoms with Crippen LogP contribution >= 0.6 is 15.9 Å². The number of hydrogen-bond acceptors (Lipinski definition) is 2. The number of nitrogens with two attached hydrogens (primary N) is 1. The van der Waals surface area contributed by atoms with Gasteiger partial charge < -0.3 is 10.5 Å². The van der Waals surface area contributed by atoms with Gasteiger partial charge in [0.15, 0.2) is 0 Å². The highest BCUT2D eigenvalue weighted by Crippen LogP contribution is 2.52. The van der Waals surface area contributed by atoms with Gasteiger partial charge in [0.25, 0.3) is 0 Å². The lowest BCUT2D eigenvalue weighted by molar-refractivity contribution is -0.0845. The zero-order valence-electron chi connectivity index (χ0n) is 10.9. The first kappa shape index (κ1) is 12.5. The van der Waals surface area contributed by atoms with Gasteiger partial charge in [-0.25, -0.2) is 0 Å². The highest BCUT2D eigenvalue weighted by molar-refractivity contribution is 9.10. The van der Waals surface area contributed by atoms with Crippen LogP contribution in [0.3, 0.4) is 0 Å². The first-order chi connectivity index (χ1) is 8.49. The molecule has 3 heteroatoms. The Morgan fingerprint density at radius 3 is 2.72 bits per heavy atom. The average molecular weight is 310 g/mol. The van der Waals surface area contributed by atoms with Crippen LogP contribution in [0, 0.1) is 11.8 Å². The fraction of sp³-hybridized carbons (Fsp3) is 0.600. The lowest BCUT2D eigenvalue weighted by atomic mass is 9.62. The molecule has 1 saturated carbocycles. The van der Waals surface area contributed by atoms with Crippen molar-refractivity contribution in [3.8, 4) is 5.75 Å². The average Bonchev–Trinajstić information content (AvgIpc) is 2.26. The van der Waals surface area contributed by atoms with Crippen LogP contribution in [0.4, 0.5) is 0 Å². The van der Waals surface area contributed by atoms with E-state index in [1.54, 1.807) is 0 Å². The van der Waals surface area contributed by atoms with Gasteiger partial charge in [0.1, 0.15) is 11.4 Å². The van der Waals surface area contributed by atoms with Crippen molar-refractivity contribution >= 4 is 15.9 Å². The second-order valence-electron chi connectivity index (χ2n) is 6.19. The number of ether oxygens (including phenoxy) is 1. The zero-order valence-corrected chi connectivity index (χ0v) is 12.5. The van der Waals surface area contributed by atoms with Crippen molar-refractivity contribution < 1.29 is 4.74 Å². The third-order valence-electron chi connectivity index (χ3n) is 4.50. The summed E-state index contributed by atoms with van der Waals surface area (Å²) in [6.45, 7) is 4.59. The largest absolute Gasteiger partial charge is 0.487 e. The predicted molar refractivity (Wildman–Crippen MR) is 76.6 cm³/mol. The summed E-state index contributed by atoms with van der Waals surface area (Å²) in [5, 5.41) is 0. The lowest BCUT2D eigenvalue weighted by Crippen LogP contribution is -2.53. The standard InChI is InChI=1S/C15H20BrNO/c1-9(2)10-6-15(7-10)8-13(17)12-5-11(16)3-4-14(12)18-15/h3-5,9-10,13H,6-8,17H2,1-2H3. The summed E-state index contributed by atoms with van der Waals surface area (Å²) in [7, 11) is 0. The molecule has 3 rings (SSSR count). The lowest BCUT2D eigenvalue weighted by Gasteiger charge is -2.52. The summed E-state index contributed by atoms with van der Waals surface area (Å²) in [6, 6.07) is 6.27. The summed E-state index contributed by atoms with van der Waals surface area (Å²) in [5.41, 5.74) is 7.49. The smallest absolute Gasteiger partial charge is 0.124 e. The first-order valence-electron chi connectivity index (χ1n) is 6.73. The van der Waals surface area contributed by atoms with Crippen molar-refractivity contribution in [1.82, 2.24) is 0 Å². The van der Waals surface area contributed by atoms with E-state index in [2.05, 4.69) is 35.8 Å². The molecule has 0 aromatic heterocycles. The van der Waals surface area contributed by atoms with E-state index in [1.165, 1.54) is 0 Å². The number of hydrogen-bond donors (Lipinski definition) is 1. The Kier molecular flexibility index (Phi) is 2.94. The summed E-state index contributed by atoms with van der Waals surface area (Å²) in [6.07, 6.45) is 3.28. The molecular weight excluding hydrogens is 290 g/mol. The van der Waals surface area contributed by atoms with Gasteiger partial charge in [-0.15, -0.1) is 0 Å². The summed E-state index contributed by atoms with van der Waals surface area (Å²) < 4.78 is 7.33. The predicted octanol–water partition coefficient (Wildman–Crippen LogP) is 4.04. The van der Waals surface area contributed by atoms with E-state index in [0.29, 0.717) is 0 Å². The van der Waals surface area contributed by atoms with E-state index in [1.807, 2.05) is 12.1 Å². The van der Waals surface area contributed by atoms with Gasteiger partial charge in [-0.3, -0.25) is 0 Å². The highest BCUT2D eigenvalue weighted by atomic mass is 79.9. The summed E-state index contributed by atoms with van der Waals surface area (Å²) >= 11 is 3.49. The highest BCUT2D eigenvalue weighted by Gasteiger charge is 2.50. The molecule has 1 aliphatic heterocycles. The molecule has 1 aromatic carbocycles. The topological polar surface area (TPSA) is 35.2 Å². The molecule has 1 aliphatic carbocycles. The van der Waals surface area contributed by atoms with Crippen LogP contribution in [0.1, 0.15) is 44.7 Å². The van der Waals surface area contributed by atoms with Crippen LogP contribution in [0.2, 0.25) is 0 Å². The molecule has 1 fully saturated rings. The Balaban J connectivity index is 1.83. The van der Waals surface area contributed by atoms with E-state index < -0.39 is 0 Å². The Bertz CT molecular complexity index is 466. The number of benzene rings is 1. The van der Waals surface area contributed by atoms with Gasteiger partial charge in [0, 0.05) is 22.5 Å². The van der Waals surface area contributed by atoms with Gasteiger partial charge in [0.05, 0.1) is 0 Å². The molecule has 0 bridgehead atoms. The molecule has 1 unspecified atom stereocenters. The van der Waals surface area contributed by atoms with Crippen LogP contribution in [-0.4, -0.2) is 5.60 Å². The monoisotopic (exact) mass is 309 g/mol. The summed E-state index contributed by atoms with van der Waals surface area (Å²) in [4.78, 5) is 0. The Morgan fingerprint density at radius 1 is 1.33 bits per heavy atom. The molecular formula is C15H20BrNO. The van der Waals surface area contributed by atoms with Crippen LogP contribution in [-0.2, 0) is 0 Å². The van der Waals surface area contributed by atoms with Crippen molar-refractivity contribution in [2.45, 2.75) is 44.8 Å². The van der Waals surface area contributed by atoms with Gasteiger partial charge in [-0.2, -0.15) is 0 Å². The third kappa shape index (κ3) is 1.97. The Hall–Kier alpha value is -0.540. The maximum absolute atomic E-state index is 6.32. The molecule has 98 valence electrons. The van der Waals surface area contributed by atoms with Crippen LogP contribution in [0.25, 0.3) is 0 Å². The van der Waals surface area contributed by atoms with Crippen molar-refractivity contribution in [3.63, 3.8) is 0 Å². The number of halogens is 1. The molecule has 1 spiro atoms. The Morgan fingerprint density at radius 2 is 2.06 bits per heavy atom. The maximum atomic E-state index is 6.32. The van der Waals surface area contributed by atoms with E-state index in [9.17, 15) is 0 Å². The fourth-order valence-corrected chi connectivity index (χ4v) is 3.68. The third-order valence-corrected chi connectivity index (χ3v) is 4.99. The van der Waals surface area contributed by atoms with E-state index in [-0.39, 0.29) is 11.6 Å². The van der Waals surface area contributed by atoms with Crippen molar-refractivity contribution in [2.75, 3.05) is 0 Å². The molecule has 1 aromatic rings. The molecule has 0 saturated heterocycles. The van der Waals surface area contributed by atoms with E-state index in [4.69, 9.17) is 10.5 Å². The molecule has 0 amide bonds. The van der Waals surface area contributed by atoms with Crippen molar-refractivity contribution in [3.05, 3.63) is 28.2 Å².